The summed E-state index contributed by atoms with van der Waals surface area (Å²) in [4.78, 5) is 12.8. The Balaban J connectivity index is 1.72. The number of fused-ring (bicyclic) bond motifs is 2. The largest absolute Gasteiger partial charge is 0.374 e. The van der Waals surface area contributed by atoms with Crippen LogP contribution in [0.4, 0.5) is 11.4 Å². The van der Waals surface area contributed by atoms with Crippen LogP contribution in [0.25, 0.3) is 0 Å². The van der Waals surface area contributed by atoms with Crippen molar-refractivity contribution in [1.29, 1.82) is 0 Å². The molecule has 21 heavy (non-hydrogen) atoms. The summed E-state index contributed by atoms with van der Waals surface area (Å²) in [7, 11) is 2.07. The summed E-state index contributed by atoms with van der Waals surface area (Å²) >= 11 is 5.85. The molecule has 2 fully saturated rings. The molecule has 5 heteroatoms. The molecule has 0 aromatic heterocycles. The molecular weight excluding hydrogens is 288 g/mol. The minimum Gasteiger partial charge on any atom is -0.374 e. The molecule has 0 spiro atoms. The minimum absolute atomic E-state index is 0.113. The third-order valence-corrected chi connectivity index (χ3v) is 5.53. The lowest BCUT2D eigenvalue weighted by molar-refractivity contribution is -0.385. The van der Waals surface area contributed by atoms with Gasteiger partial charge >= 0.3 is 0 Å². The highest BCUT2D eigenvalue weighted by molar-refractivity contribution is 6.17. The van der Waals surface area contributed by atoms with Gasteiger partial charge in [0, 0.05) is 30.9 Å². The van der Waals surface area contributed by atoms with Crippen molar-refractivity contribution >= 4 is 23.0 Å². The maximum absolute atomic E-state index is 11.0. The second-order valence-corrected chi connectivity index (χ2v) is 6.79. The van der Waals surface area contributed by atoms with Gasteiger partial charge in [0.15, 0.2) is 0 Å². The van der Waals surface area contributed by atoms with Gasteiger partial charge in [0.1, 0.15) is 0 Å². The van der Waals surface area contributed by atoms with E-state index in [9.17, 15) is 10.1 Å². The molecule has 3 unspecified atom stereocenters. The lowest BCUT2D eigenvalue weighted by Gasteiger charge is -2.28. The Morgan fingerprint density at radius 1 is 1.38 bits per heavy atom. The minimum atomic E-state index is -0.364. The summed E-state index contributed by atoms with van der Waals surface area (Å²) in [5, 5.41) is 11.0. The van der Waals surface area contributed by atoms with Crippen LogP contribution in [0, 0.1) is 27.9 Å². The van der Waals surface area contributed by atoms with E-state index < -0.39 is 0 Å². The number of nitro groups is 1. The van der Waals surface area contributed by atoms with E-state index in [0.29, 0.717) is 5.56 Å². The third-order valence-electron chi connectivity index (χ3n) is 5.24. The number of alkyl halides is 1. The van der Waals surface area contributed by atoms with Gasteiger partial charge in [-0.2, -0.15) is 0 Å². The fourth-order valence-electron chi connectivity index (χ4n) is 4.15. The zero-order chi connectivity index (χ0) is 15.0. The van der Waals surface area contributed by atoms with Crippen LogP contribution < -0.4 is 4.90 Å². The van der Waals surface area contributed by atoms with Crippen LogP contribution in [-0.2, 0) is 5.88 Å². The molecule has 0 heterocycles. The van der Waals surface area contributed by atoms with E-state index in [-0.39, 0.29) is 16.5 Å². The SMILES string of the molecule is CN(CC1CC2CCC1C2)c1ccc([N+](=O)[O-])c(CCl)c1. The monoisotopic (exact) mass is 308 g/mol. The molecule has 1 aromatic carbocycles. The van der Waals surface area contributed by atoms with Gasteiger partial charge < -0.3 is 4.90 Å². The molecule has 0 aliphatic heterocycles. The second-order valence-electron chi connectivity index (χ2n) is 6.52. The van der Waals surface area contributed by atoms with Gasteiger partial charge in [-0.1, -0.05) is 6.42 Å². The average Bonchev–Trinajstić information content (AvgIpc) is 3.08. The maximum Gasteiger partial charge on any atom is 0.273 e. The van der Waals surface area contributed by atoms with E-state index in [4.69, 9.17) is 11.6 Å². The normalized spacial score (nSPS) is 27.0. The van der Waals surface area contributed by atoms with Gasteiger partial charge in [0.2, 0.25) is 0 Å². The van der Waals surface area contributed by atoms with Crippen LogP contribution >= 0.6 is 11.6 Å². The number of halogens is 1. The van der Waals surface area contributed by atoms with E-state index in [2.05, 4.69) is 11.9 Å². The van der Waals surface area contributed by atoms with Crippen molar-refractivity contribution in [1.82, 2.24) is 0 Å². The number of nitro benzene ring substituents is 1. The Morgan fingerprint density at radius 3 is 2.76 bits per heavy atom. The van der Waals surface area contributed by atoms with Crippen molar-refractivity contribution in [2.75, 3.05) is 18.5 Å². The van der Waals surface area contributed by atoms with E-state index in [0.717, 1.165) is 30.0 Å². The van der Waals surface area contributed by atoms with Gasteiger partial charge in [-0.05, 0) is 49.1 Å². The van der Waals surface area contributed by atoms with Crippen LogP contribution in [0.5, 0.6) is 0 Å². The lowest BCUT2D eigenvalue weighted by atomic mass is 9.88. The first-order valence-corrected chi connectivity index (χ1v) is 8.16. The van der Waals surface area contributed by atoms with Crippen LogP contribution in [0.2, 0.25) is 0 Å². The Morgan fingerprint density at radius 2 is 2.19 bits per heavy atom. The smallest absolute Gasteiger partial charge is 0.273 e. The number of hydrogen-bond acceptors (Lipinski definition) is 3. The molecule has 1 aromatic rings. The molecule has 3 atom stereocenters. The number of hydrogen-bond donors (Lipinski definition) is 0. The molecular formula is C16H21ClN2O2. The number of nitrogens with zero attached hydrogens (tertiary/aromatic N) is 2. The summed E-state index contributed by atoms with van der Waals surface area (Å²) in [5.74, 6) is 2.79. The molecule has 0 saturated heterocycles. The zero-order valence-electron chi connectivity index (χ0n) is 12.3. The number of benzene rings is 1. The molecule has 0 radical (unpaired) electrons. The van der Waals surface area contributed by atoms with Crippen molar-refractivity contribution in [2.45, 2.75) is 31.6 Å². The van der Waals surface area contributed by atoms with Crippen molar-refractivity contribution in [3.8, 4) is 0 Å². The quantitative estimate of drug-likeness (QED) is 0.465. The molecule has 2 bridgehead atoms. The number of anilines is 1. The van der Waals surface area contributed by atoms with Crippen molar-refractivity contribution in [3.63, 3.8) is 0 Å². The van der Waals surface area contributed by atoms with E-state index in [1.165, 1.54) is 25.7 Å². The molecule has 4 nitrogen and oxygen atoms in total. The van der Waals surface area contributed by atoms with E-state index >= 15 is 0 Å². The van der Waals surface area contributed by atoms with Crippen molar-refractivity contribution < 1.29 is 4.92 Å². The fourth-order valence-corrected chi connectivity index (χ4v) is 4.37. The summed E-state index contributed by atoms with van der Waals surface area (Å²) in [6.45, 7) is 1.04. The van der Waals surface area contributed by atoms with Crippen LogP contribution in [-0.4, -0.2) is 18.5 Å². The predicted octanol–water partition coefficient (Wildman–Crippen LogP) is 4.21. The molecule has 3 rings (SSSR count). The Kier molecular flexibility index (Phi) is 4.07. The molecule has 0 amide bonds. The third kappa shape index (κ3) is 2.86. The van der Waals surface area contributed by atoms with Gasteiger partial charge in [-0.25, -0.2) is 0 Å². The standard InChI is InChI=1S/C16H21ClN2O2/c1-18(10-14-7-11-2-3-12(14)6-11)15-4-5-16(19(20)21)13(8-15)9-17/h4-5,8,11-12,14H,2-3,6-7,9-10H2,1H3. The predicted molar refractivity (Wildman–Crippen MR) is 84.9 cm³/mol. The van der Waals surface area contributed by atoms with Gasteiger partial charge in [-0.3, -0.25) is 10.1 Å². The maximum atomic E-state index is 11.0. The van der Waals surface area contributed by atoms with Crippen LogP contribution in [0.1, 0.15) is 31.2 Å². The van der Waals surface area contributed by atoms with Gasteiger partial charge in [-0.15, -0.1) is 11.6 Å². The number of rotatable bonds is 5. The van der Waals surface area contributed by atoms with Gasteiger partial charge in [0.25, 0.3) is 5.69 Å². The summed E-state index contributed by atoms with van der Waals surface area (Å²) < 4.78 is 0. The highest BCUT2D eigenvalue weighted by Crippen LogP contribution is 2.48. The Hall–Kier alpha value is -1.29. The molecule has 2 aliphatic rings. The molecule has 0 N–H and O–H groups in total. The van der Waals surface area contributed by atoms with Crippen LogP contribution in [0.15, 0.2) is 18.2 Å². The topological polar surface area (TPSA) is 46.4 Å². The van der Waals surface area contributed by atoms with E-state index in [1.807, 2.05) is 12.1 Å². The highest BCUT2D eigenvalue weighted by atomic mass is 35.5. The summed E-state index contributed by atoms with van der Waals surface area (Å²) in [5.41, 5.74) is 1.74. The summed E-state index contributed by atoms with van der Waals surface area (Å²) in [6, 6.07) is 5.27. The van der Waals surface area contributed by atoms with Crippen molar-refractivity contribution in [3.05, 3.63) is 33.9 Å². The first kappa shape index (κ1) is 14.6. The first-order valence-electron chi connectivity index (χ1n) is 7.63. The van der Waals surface area contributed by atoms with Crippen molar-refractivity contribution in [2.24, 2.45) is 17.8 Å². The Bertz CT molecular complexity index is 549. The molecule has 114 valence electrons. The summed E-state index contributed by atoms with van der Waals surface area (Å²) in [6.07, 6.45) is 5.56. The first-order chi connectivity index (χ1) is 10.1. The average molecular weight is 309 g/mol. The van der Waals surface area contributed by atoms with E-state index in [1.54, 1.807) is 6.07 Å². The van der Waals surface area contributed by atoms with Crippen LogP contribution in [0.3, 0.4) is 0 Å². The molecule has 2 aliphatic carbocycles. The molecule has 2 saturated carbocycles. The zero-order valence-corrected chi connectivity index (χ0v) is 13.1. The highest BCUT2D eigenvalue weighted by Gasteiger charge is 2.39. The fraction of sp³-hybridized carbons (Fsp3) is 0.625. The Labute approximate surface area is 130 Å². The second kappa shape index (κ2) is 5.84. The van der Waals surface area contributed by atoms with Gasteiger partial charge in [0.05, 0.1) is 10.8 Å². The lowest BCUT2D eigenvalue weighted by Crippen LogP contribution is -2.28.